The smallest absolute Gasteiger partial charge is 0.105 e. The number of pyridine rings is 1. The summed E-state index contributed by atoms with van der Waals surface area (Å²) in [4.78, 5) is 12.4. The molecule has 4 aliphatic heterocycles. The number of aromatic nitrogens is 4. The summed E-state index contributed by atoms with van der Waals surface area (Å²) >= 11 is 0. The Morgan fingerprint density at radius 1 is 0.895 bits per heavy atom. The fourth-order valence-electron chi connectivity index (χ4n) is 6.54. The van der Waals surface area contributed by atoms with Gasteiger partial charge in [-0.25, -0.2) is 0 Å². The maximum atomic E-state index is 5.56. The zero-order chi connectivity index (χ0) is 25.6. The molecule has 6 heterocycles. The number of ether oxygens (including phenoxy) is 1. The molecule has 2 fully saturated rings. The summed E-state index contributed by atoms with van der Waals surface area (Å²) in [6.45, 7) is 16.5. The number of nitrogens with zero attached hydrogens (tertiary/aromatic N) is 6. The lowest BCUT2D eigenvalue weighted by Gasteiger charge is -2.36. The van der Waals surface area contributed by atoms with Gasteiger partial charge in [0.2, 0.25) is 0 Å². The summed E-state index contributed by atoms with van der Waals surface area (Å²) in [6, 6.07) is 4.64. The number of hydrogen-bond donors (Lipinski definition) is 1. The van der Waals surface area contributed by atoms with E-state index in [9.17, 15) is 0 Å². The molecule has 8 heteroatoms. The quantitative estimate of drug-likeness (QED) is 0.538. The minimum absolute atomic E-state index is 0.647. The first-order valence-electron chi connectivity index (χ1n) is 14.4. The summed E-state index contributed by atoms with van der Waals surface area (Å²) in [5.41, 5.74) is 10.2. The predicted molar refractivity (Wildman–Crippen MR) is 147 cm³/mol. The first-order chi connectivity index (χ1) is 18.6. The molecule has 2 aromatic heterocycles. The molecule has 1 aliphatic carbocycles. The van der Waals surface area contributed by atoms with Crippen molar-refractivity contribution in [1.82, 2.24) is 35.1 Å². The molecule has 7 rings (SSSR count). The average molecular weight is 514 g/mol. The van der Waals surface area contributed by atoms with Crippen LogP contribution in [0, 0.1) is 5.92 Å². The fraction of sp³-hybridized carbons (Fsp3) is 0.567. The van der Waals surface area contributed by atoms with Crippen LogP contribution in [0.5, 0.6) is 0 Å². The van der Waals surface area contributed by atoms with Gasteiger partial charge in [0, 0.05) is 80.9 Å². The van der Waals surface area contributed by atoms with E-state index in [1.807, 2.05) is 0 Å². The van der Waals surface area contributed by atoms with E-state index in [2.05, 4.69) is 55.4 Å². The minimum atomic E-state index is 0.647. The van der Waals surface area contributed by atoms with Crippen molar-refractivity contribution in [2.45, 2.75) is 57.4 Å². The maximum absolute atomic E-state index is 5.56. The molecular weight excluding hydrogens is 474 g/mol. The summed E-state index contributed by atoms with van der Waals surface area (Å²) in [5.74, 6) is 2.53. The van der Waals surface area contributed by atoms with Gasteiger partial charge in [-0.1, -0.05) is 13.2 Å². The third kappa shape index (κ3) is 4.75. The lowest BCUT2D eigenvalue weighted by atomic mass is 9.93. The molecule has 0 spiro atoms. The van der Waals surface area contributed by atoms with Crippen LogP contribution < -0.4 is 0 Å². The van der Waals surface area contributed by atoms with E-state index in [1.54, 1.807) is 0 Å². The van der Waals surface area contributed by atoms with Gasteiger partial charge in [-0.05, 0) is 67.7 Å². The van der Waals surface area contributed by atoms with Crippen LogP contribution in [0.4, 0.5) is 0 Å². The Kier molecular flexibility index (Phi) is 6.22. The molecule has 200 valence electrons. The third-order valence-electron chi connectivity index (χ3n) is 9.18. The Bertz CT molecular complexity index is 1250. The zero-order valence-corrected chi connectivity index (χ0v) is 22.4. The number of hydrogen-bond acceptors (Lipinski definition) is 7. The van der Waals surface area contributed by atoms with Gasteiger partial charge in [-0.3, -0.25) is 4.98 Å². The molecule has 1 saturated carbocycles. The summed E-state index contributed by atoms with van der Waals surface area (Å²) in [5, 5.41) is 11.4. The Labute approximate surface area is 225 Å². The zero-order valence-electron chi connectivity index (χ0n) is 22.4. The van der Waals surface area contributed by atoms with Crippen molar-refractivity contribution >= 4 is 5.70 Å². The number of aryl methyl sites for hydroxylation is 1. The molecule has 0 radical (unpaired) electrons. The first-order valence-corrected chi connectivity index (χ1v) is 14.4. The molecule has 1 saturated heterocycles. The third-order valence-corrected chi connectivity index (χ3v) is 9.18. The summed E-state index contributed by atoms with van der Waals surface area (Å²) in [6.07, 6.45) is 8.12. The van der Waals surface area contributed by atoms with Gasteiger partial charge in [0.05, 0.1) is 18.1 Å². The van der Waals surface area contributed by atoms with Gasteiger partial charge in [0.15, 0.2) is 0 Å². The van der Waals surface area contributed by atoms with Gasteiger partial charge in [0.1, 0.15) is 5.69 Å². The van der Waals surface area contributed by atoms with E-state index in [0.717, 1.165) is 94.1 Å². The highest BCUT2D eigenvalue weighted by molar-refractivity contribution is 5.64. The van der Waals surface area contributed by atoms with Crippen molar-refractivity contribution in [3.63, 3.8) is 0 Å². The Morgan fingerprint density at radius 3 is 2.39 bits per heavy atom. The van der Waals surface area contributed by atoms with Crippen LogP contribution in [0.15, 0.2) is 42.3 Å². The number of fused-ring (bicyclic) bond motifs is 1. The molecule has 0 unspecified atom stereocenters. The van der Waals surface area contributed by atoms with E-state index in [-0.39, 0.29) is 0 Å². The van der Waals surface area contributed by atoms with Crippen molar-refractivity contribution < 1.29 is 4.74 Å². The molecule has 8 nitrogen and oxygen atoms in total. The summed E-state index contributed by atoms with van der Waals surface area (Å²) < 4.78 is 5.56. The topological polar surface area (TPSA) is 73.4 Å². The van der Waals surface area contributed by atoms with E-state index in [0.29, 0.717) is 5.92 Å². The van der Waals surface area contributed by atoms with Crippen molar-refractivity contribution in [3.05, 3.63) is 70.6 Å². The lowest BCUT2D eigenvalue weighted by molar-refractivity contribution is 0.0639. The van der Waals surface area contributed by atoms with Crippen molar-refractivity contribution in [3.8, 4) is 0 Å². The van der Waals surface area contributed by atoms with E-state index >= 15 is 0 Å². The largest absolute Gasteiger partial charge is 0.381 e. The predicted octanol–water partition coefficient (Wildman–Crippen LogP) is 3.86. The number of rotatable bonds is 8. The highest BCUT2D eigenvalue weighted by Crippen LogP contribution is 2.41. The van der Waals surface area contributed by atoms with Crippen molar-refractivity contribution in [2.24, 2.45) is 5.92 Å². The molecule has 0 bridgehead atoms. The monoisotopic (exact) mass is 513 g/mol. The Hall–Kier alpha value is -3.13. The van der Waals surface area contributed by atoms with Crippen LogP contribution in [0.1, 0.15) is 66.4 Å². The Morgan fingerprint density at radius 2 is 1.63 bits per heavy atom. The van der Waals surface area contributed by atoms with Gasteiger partial charge >= 0.3 is 0 Å². The van der Waals surface area contributed by atoms with E-state index in [1.165, 1.54) is 60.2 Å². The van der Waals surface area contributed by atoms with Crippen LogP contribution in [0.3, 0.4) is 0 Å². The van der Waals surface area contributed by atoms with Crippen LogP contribution in [0.25, 0.3) is 5.70 Å². The fourth-order valence-corrected chi connectivity index (χ4v) is 6.54. The number of H-pyrrole nitrogens is 1. The molecular formula is C30H39N7O. The molecule has 2 aromatic rings. The molecule has 0 atom stereocenters. The normalized spacial score (nSPS) is 21.7. The molecule has 1 N–H and O–H groups in total. The van der Waals surface area contributed by atoms with Gasteiger partial charge < -0.3 is 19.4 Å². The average Bonchev–Trinajstić information content (AvgIpc) is 3.37. The number of aromatic amines is 1. The first kappa shape index (κ1) is 23.9. The highest BCUT2D eigenvalue weighted by atomic mass is 16.5. The van der Waals surface area contributed by atoms with Gasteiger partial charge in [0.25, 0.3) is 0 Å². The van der Waals surface area contributed by atoms with Gasteiger partial charge in [-0.2, -0.15) is 15.4 Å². The second kappa shape index (κ2) is 9.88. The van der Waals surface area contributed by atoms with E-state index < -0.39 is 0 Å². The molecule has 5 aliphatic rings. The maximum Gasteiger partial charge on any atom is 0.105 e. The second-order valence-corrected chi connectivity index (χ2v) is 11.8. The number of nitrogens with one attached hydrogen (secondary N) is 1. The van der Waals surface area contributed by atoms with Crippen LogP contribution in [-0.4, -0.2) is 81.0 Å². The summed E-state index contributed by atoms with van der Waals surface area (Å²) in [7, 11) is 0. The second-order valence-electron chi connectivity index (χ2n) is 11.8. The molecule has 0 aromatic carbocycles. The lowest BCUT2D eigenvalue weighted by Crippen LogP contribution is -2.38. The minimum Gasteiger partial charge on any atom is -0.381 e. The van der Waals surface area contributed by atoms with Gasteiger partial charge in [-0.15, -0.1) is 0 Å². The van der Waals surface area contributed by atoms with E-state index in [4.69, 9.17) is 9.72 Å². The SMILES string of the molecule is C=C(c1cc(CCC2CCOCC2)nc(C2CC2)c1)N1CC2=C(C1)CN(C(=C)N1CCc3n[nH]nc3C1)C2. The highest BCUT2D eigenvalue weighted by Gasteiger charge is 2.34. The van der Waals surface area contributed by atoms with Crippen molar-refractivity contribution in [1.29, 1.82) is 0 Å². The molecule has 0 amide bonds. The molecule has 38 heavy (non-hydrogen) atoms. The van der Waals surface area contributed by atoms with Crippen molar-refractivity contribution in [2.75, 3.05) is 45.9 Å². The van der Waals surface area contributed by atoms with Crippen LogP contribution >= 0.6 is 0 Å². The van der Waals surface area contributed by atoms with Crippen LogP contribution in [0.2, 0.25) is 0 Å². The Balaban J connectivity index is 0.981. The standard InChI is InChI=1S/C30H39N7O/c1-20(24-13-27(31-29(14-24)23-4-5-23)6-3-22-8-11-38-12-9-22)36-15-25-17-37(18-26(25)16-36)21(2)35-10-7-28-30(19-35)33-34-32-28/h13-14,22-23H,1-12,15-19H2,(H,32,33,34). The van der Waals surface area contributed by atoms with Crippen LogP contribution in [-0.2, 0) is 24.1 Å².